The van der Waals surface area contributed by atoms with Gasteiger partial charge in [0.2, 0.25) is 0 Å². The Bertz CT molecular complexity index is 393. The molecule has 0 saturated heterocycles. The molecule has 0 aliphatic rings. The zero-order valence-corrected chi connectivity index (χ0v) is 13.3. The molecule has 1 aromatic rings. The summed E-state index contributed by atoms with van der Waals surface area (Å²) < 4.78 is 22.2. The number of hydrogen-bond acceptors (Lipinski definition) is 4. The smallest absolute Gasteiger partial charge is 0.321 e. The summed E-state index contributed by atoms with van der Waals surface area (Å²) in [7, 11) is 0. The maximum absolute atomic E-state index is 5.59. The largest absolute Gasteiger partial charge is 0.491 e. The van der Waals surface area contributed by atoms with Crippen LogP contribution in [0.25, 0.3) is 0 Å². The van der Waals surface area contributed by atoms with Crippen LogP contribution in [0.5, 0.6) is 0 Å². The molecular weight excluding hydrogens is 268 g/mol. The second kappa shape index (κ2) is 11.0. The molecule has 0 atom stereocenters. The first-order valence-corrected chi connectivity index (χ1v) is 7.54. The van der Waals surface area contributed by atoms with E-state index >= 15 is 0 Å². The van der Waals surface area contributed by atoms with Crippen molar-refractivity contribution in [1.29, 1.82) is 0 Å². The van der Waals surface area contributed by atoms with E-state index in [-0.39, 0.29) is 6.79 Å². The van der Waals surface area contributed by atoms with Crippen molar-refractivity contribution in [3.8, 4) is 0 Å². The SMILES string of the molecule is CCCC(OCC)=C(OCC)OCOCc1ccccc1. The Balaban J connectivity index is 2.47. The molecule has 0 N–H and O–H groups in total. The molecule has 1 aromatic carbocycles. The average Bonchev–Trinajstić information content (AvgIpc) is 2.51. The van der Waals surface area contributed by atoms with Gasteiger partial charge in [0.1, 0.15) is 0 Å². The summed E-state index contributed by atoms with van der Waals surface area (Å²) in [5, 5.41) is 0. The molecule has 118 valence electrons. The molecule has 0 aliphatic heterocycles. The van der Waals surface area contributed by atoms with Gasteiger partial charge in [0.05, 0.1) is 19.8 Å². The van der Waals surface area contributed by atoms with Crippen LogP contribution in [0.2, 0.25) is 0 Å². The summed E-state index contributed by atoms with van der Waals surface area (Å²) in [5.41, 5.74) is 1.11. The quantitative estimate of drug-likeness (QED) is 0.348. The molecule has 0 spiro atoms. The fraction of sp³-hybridized carbons (Fsp3) is 0.529. The molecule has 1 rings (SSSR count). The van der Waals surface area contributed by atoms with E-state index in [4.69, 9.17) is 18.9 Å². The Morgan fingerprint density at radius 3 is 2.24 bits per heavy atom. The monoisotopic (exact) mass is 294 g/mol. The van der Waals surface area contributed by atoms with Gasteiger partial charge in [0.25, 0.3) is 0 Å². The second-order valence-corrected chi connectivity index (χ2v) is 4.42. The van der Waals surface area contributed by atoms with E-state index in [9.17, 15) is 0 Å². The van der Waals surface area contributed by atoms with Crippen molar-refractivity contribution >= 4 is 0 Å². The third-order valence-corrected chi connectivity index (χ3v) is 2.68. The van der Waals surface area contributed by atoms with Crippen LogP contribution >= 0.6 is 0 Å². The summed E-state index contributed by atoms with van der Waals surface area (Å²) in [4.78, 5) is 0. The highest BCUT2D eigenvalue weighted by atomic mass is 16.7. The summed E-state index contributed by atoms with van der Waals surface area (Å²) in [6.45, 7) is 7.75. The number of rotatable bonds is 11. The van der Waals surface area contributed by atoms with Crippen molar-refractivity contribution in [2.24, 2.45) is 0 Å². The third-order valence-electron chi connectivity index (χ3n) is 2.68. The van der Waals surface area contributed by atoms with Crippen LogP contribution < -0.4 is 0 Å². The van der Waals surface area contributed by atoms with E-state index in [1.807, 2.05) is 44.2 Å². The fourth-order valence-corrected chi connectivity index (χ4v) is 1.80. The zero-order valence-electron chi connectivity index (χ0n) is 13.3. The highest BCUT2D eigenvalue weighted by molar-refractivity contribution is 5.13. The van der Waals surface area contributed by atoms with Gasteiger partial charge in [-0.25, -0.2) is 0 Å². The van der Waals surface area contributed by atoms with Crippen LogP contribution in [0.3, 0.4) is 0 Å². The molecule has 4 heteroatoms. The van der Waals surface area contributed by atoms with E-state index in [1.165, 1.54) is 0 Å². The highest BCUT2D eigenvalue weighted by Crippen LogP contribution is 2.16. The zero-order chi connectivity index (χ0) is 15.3. The molecule has 4 nitrogen and oxygen atoms in total. The lowest BCUT2D eigenvalue weighted by atomic mass is 10.2. The molecule has 0 heterocycles. The minimum atomic E-state index is 0.143. The normalized spacial score (nSPS) is 11.8. The van der Waals surface area contributed by atoms with Crippen LogP contribution in [-0.4, -0.2) is 20.0 Å². The van der Waals surface area contributed by atoms with Gasteiger partial charge >= 0.3 is 5.95 Å². The van der Waals surface area contributed by atoms with E-state index in [0.717, 1.165) is 24.2 Å². The maximum Gasteiger partial charge on any atom is 0.321 e. The van der Waals surface area contributed by atoms with Crippen molar-refractivity contribution in [3.05, 3.63) is 47.6 Å². The Labute approximate surface area is 127 Å². The van der Waals surface area contributed by atoms with Gasteiger partial charge in [-0.3, -0.25) is 0 Å². The fourth-order valence-electron chi connectivity index (χ4n) is 1.80. The molecule has 0 aliphatic carbocycles. The Morgan fingerprint density at radius 2 is 1.62 bits per heavy atom. The molecule has 0 bridgehead atoms. The van der Waals surface area contributed by atoms with Crippen LogP contribution in [0.1, 0.15) is 39.2 Å². The number of allylic oxidation sites excluding steroid dienone is 1. The van der Waals surface area contributed by atoms with Crippen LogP contribution in [0.15, 0.2) is 42.0 Å². The predicted octanol–water partition coefficient (Wildman–Crippen LogP) is 4.22. The second-order valence-electron chi connectivity index (χ2n) is 4.42. The summed E-state index contributed by atoms with van der Waals surface area (Å²) >= 11 is 0. The topological polar surface area (TPSA) is 36.9 Å². The molecule has 0 fully saturated rings. The Kier molecular flexibility index (Phi) is 9.13. The first-order chi connectivity index (χ1) is 10.3. The van der Waals surface area contributed by atoms with Gasteiger partial charge in [0, 0.05) is 6.42 Å². The van der Waals surface area contributed by atoms with E-state index in [0.29, 0.717) is 25.8 Å². The summed E-state index contributed by atoms with van der Waals surface area (Å²) in [5.74, 6) is 1.19. The number of hydrogen-bond donors (Lipinski definition) is 0. The molecule has 0 radical (unpaired) electrons. The summed E-state index contributed by atoms with van der Waals surface area (Å²) in [6.07, 6.45) is 1.77. The Morgan fingerprint density at radius 1 is 0.905 bits per heavy atom. The van der Waals surface area contributed by atoms with Crippen molar-refractivity contribution in [3.63, 3.8) is 0 Å². The van der Waals surface area contributed by atoms with Crippen molar-refractivity contribution < 1.29 is 18.9 Å². The van der Waals surface area contributed by atoms with E-state index in [2.05, 4.69) is 6.92 Å². The van der Waals surface area contributed by atoms with Gasteiger partial charge in [0.15, 0.2) is 12.6 Å². The molecule has 0 unspecified atom stereocenters. The molecule has 21 heavy (non-hydrogen) atoms. The van der Waals surface area contributed by atoms with Gasteiger partial charge in [-0.15, -0.1) is 0 Å². The van der Waals surface area contributed by atoms with E-state index in [1.54, 1.807) is 0 Å². The van der Waals surface area contributed by atoms with E-state index < -0.39 is 0 Å². The highest BCUT2D eigenvalue weighted by Gasteiger charge is 2.11. The minimum Gasteiger partial charge on any atom is -0.491 e. The standard InChI is InChI=1S/C17H26O4/c1-4-10-16(19-5-2)17(20-6-3)21-14-18-13-15-11-8-7-9-12-15/h7-9,11-12H,4-6,10,13-14H2,1-3H3. The van der Waals surface area contributed by atoms with Gasteiger partial charge < -0.3 is 18.9 Å². The first-order valence-electron chi connectivity index (χ1n) is 7.54. The number of benzene rings is 1. The van der Waals surface area contributed by atoms with Gasteiger partial charge in [-0.2, -0.15) is 0 Å². The summed E-state index contributed by atoms with van der Waals surface area (Å²) in [6, 6.07) is 9.98. The van der Waals surface area contributed by atoms with Crippen LogP contribution in [-0.2, 0) is 25.6 Å². The lowest BCUT2D eigenvalue weighted by molar-refractivity contribution is -0.0872. The molecule has 0 aromatic heterocycles. The Hall–Kier alpha value is -1.68. The predicted molar refractivity (Wildman–Crippen MR) is 82.4 cm³/mol. The molecule has 0 amide bonds. The van der Waals surface area contributed by atoms with Gasteiger partial charge in [-0.1, -0.05) is 37.3 Å². The third kappa shape index (κ3) is 7.04. The first kappa shape index (κ1) is 17.4. The lowest BCUT2D eigenvalue weighted by Crippen LogP contribution is -2.08. The molecule has 0 saturated carbocycles. The average molecular weight is 294 g/mol. The lowest BCUT2D eigenvalue weighted by Gasteiger charge is -2.16. The van der Waals surface area contributed by atoms with Crippen LogP contribution in [0.4, 0.5) is 0 Å². The maximum atomic E-state index is 5.59. The van der Waals surface area contributed by atoms with Crippen molar-refractivity contribution in [2.45, 2.75) is 40.2 Å². The minimum absolute atomic E-state index is 0.143. The molecular formula is C17H26O4. The van der Waals surface area contributed by atoms with Crippen molar-refractivity contribution in [1.82, 2.24) is 0 Å². The van der Waals surface area contributed by atoms with Crippen molar-refractivity contribution in [2.75, 3.05) is 20.0 Å². The number of ether oxygens (including phenoxy) is 4. The van der Waals surface area contributed by atoms with Gasteiger partial charge in [-0.05, 0) is 25.8 Å². The van der Waals surface area contributed by atoms with Crippen LogP contribution in [0, 0.1) is 0 Å².